The number of nitrogens with one attached hydrogen (secondary N) is 2. The van der Waals surface area contributed by atoms with E-state index in [1.807, 2.05) is 39.0 Å². The zero-order chi connectivity index (χ0) is 18.4. The minimum absolute atomic E-state index is 0.0877. The van der Waals surface area contributed by atoms with Crippen LogP contribution in [0.4, 0.5) is 0 Å². The molecule has 6 nitrogen and oxygen atoms in total. The van der Waals surface area contributed by atoms with Gasteiger partial charge in [0.05, 0.1) is 18.2 Å². The van der Waals surface area contributed by atoms with Crippen molar-refractivity contribution in [3.63, 3.8) is 0 Å². The summed E-state index contributed by atoms with van der Waals surface area (Å²) in [6.07, 6.45) is 3.19. The van der Waals surface area contributed by atoms with Crippen LogP contribution in [0, 0.1) is 18.3 Å². The molecule has 25 heavy (non-hydrogen) atoms. The second-order valence-corrected chi connectivity index (χ2v) is 5.81. The summed E-state index contributed by atoms with van der Waals surface area (Å²) in [7, 11) is 0. The van der Waals surface area contributed by atoms with Crippen LogP contribution >= 0.6 is 0 Å². The summed E-state index contributed by atoms with van der Waals surface area (Å²) in [5.74, 6) is -0.501. The zero-order valence-electron chi connectivity index (χ0n) is 14.9. The third kappa shape index (κ3) is 4.00. The molecule has 0 radical (unpaired) electrons. The van der Waals surface area contributed by atoms with Crippen LogP contribution in [-0.2, 0) is 4.79 Å². The van der Waals surface area contributed by atoms with Crippen LogP contribution in [-0.4, -0.2) is 40.8 Å². The van der Waals surface area contributed by atoms with E-state index in [1.54, 1.807) is 11.1 Å². The Morgan fingerprint density at radius 3 is 2.88 bits per heavy atom. The van der Waals surface area contributed by atoms with Gasteiger partial charge in [-0.1, -0.05) is 26.0 Å². The summed E-state index contributed by atoms with van der Waals surface area (Å²) >= 11 is 0. The van der Waals surface area contributed by atoms with Crippen molar-refractivity contribution in [3.05, 3.63) is 35.5 Å². The molecule has 2 heterocycles. The van der Waals surface area contributed by atoms with Gasteiger partial charge in [-0.2, -0.15) is 5.26 Å². The lowest BCUT2D eigenvalue weighted by Crippen LogP contribution is -2.42. The molecular formula is C19H24N4O2. The number of hydrogen-bond donors (Lipinski definition) is 2. The quantitative estimate of drug-likeness (QED) is 0.900. The molecule has 1 atom stereocenters. The number of carbonyl (C=O) groups excluding carboxylic acids is 2. The number of benzene rings is 1. The number of aromatic amines is 1. The van der Waals surface area contributed by atoms with E-state index in [9.17, 15) is 9.59 Å². The minimum Gasteiger partial charge on any atom is -0.360 e. The molecule has 0 saturated carbocycles. The maximum Gasteiger partial charge on any atom is 0.253 e. The molecule has 0 bridgehead atoms. The van der Waals surface area contributed by atoms with Gasteiger partial charge >= 0.3 is 0 Å². The molecule has 0 spiro atoms. The maximum atomic E-state index is 12.3. The fraction of sp³-hybridized carbons (Fsp3) is 0.421. The first-order valence-corrected chi connectivity index (χ1v) is 8.65. The largest absolute Gasteiger partial charge is 0.360 e. The number of aryl methyl sites for hydroxylation is 1. The van der Waals surface area contributed by atoms with Gasteiger partial charge in [-0.05, 0) is 31.4 Å². The molecule has 2 aromatic rings. The second-order valence-electron chi connectivity index (χ2n) is 5.81. The number of likely N-dealkylation sites (tertiary alicyclic amines) is 1. The predicted molar refractivity (Wildman–Crippen MR) is 97.1 cm³/mol. The van der Waals surface area contributed by atoms with E-state index < -0.39 is 0 Å². The number of nitriles is 1. The number of rotatable bonds is 3. The van der Waals surface area contributed by atoms with E-state index in [0.29, 0.717) is 18.5 Å². The van der Waals surface area contributed by atoms with Crippen molar-refractivity contribution in [3.8, 4) is 6.07 Å². The van der Waals surface area contributed by atoms with Gasteiger partial charge in [0, 0.05) is 23.6 Å². The summed E-state index contributed by atoms with van der Waals surface area (Å²) in [5, 5.41) is 12.5. The predicted octanol–water partition coefficient (Wildman–Crippen LogP) is 2.75. The van der Waals surface area contributed by atoms with Gasteiger partial charge in [-0.15, -0.1) is 0 Å². The Balaban J connectivity index is 0.00000109. The summed E-state index contributed by atoms with van der Waals surface area (Å²) in [6.45, 7) is 6.48. The lowest BCUT2D eigenvalue weighted by atomic mass is 10.1. The number of nitrogens with zero attached hydrogens (tertiary/aromatic N) is 2. The summed E-state index contributed by atoms with van der Waals surface area (Å²) in [5.41, 5.74) is 2.52. The molecular weight excluding hydrogens is 316 g/mol. The van der Waals surface area contributed by atoms with Crippen LogP contribution < -0.4 is 5.32 Å². The van der Waals surface area contributed by atoms with Crippen molar-refractivity contribution in [1.29, 1.82) is 5.26 Å². The first-order chi connectivity index (χ1) is 12.1. The van der Waals surface area contributed by atoms with Crippen molar-refractivity contribution in [2.24, 2.45) is 0 Å². The highest BCUT2D eigenvalue weighted by Crippen LogP contribution is 2.19. The van der Waals surface area contributed by atoms with E-state index in [4.69, 9.17) is 5.26 Å². The molecule has 3 rings (SSSR count). The van der Waals surface area contributed by atoms with Gasteiger partial charge in [-0.3, -0.25) is 9.59 Å². The van der Waals surface area contributed by atoms with Gasteiger partial charge < -0.3 is 15.2 Å². The second kappa shape index (κ2) is 8.34. The molecule has 6 heteroatoms. The fourth-order valence-corrected chi connectivity index (χ4v) is 2.98. The Bertz CT molecular complexity index is 803. The average Bonchev–Trinajstić information content (AvgIpc) is 3.27. The highest BCUT2D eigenvalue weighted by atomic mass is 16.2. The van der Waals surface area contributed by atoms with Crippen molar-refractivity contribution in [2.75, 3.05) is 13.1 Å². The molecule has 1 aliphatic rings. The van der Waals surface area contributed by atoms with Gasteiger partial charge in [0.25, 0.3) is 5.91 Å². The maximum absolute atomic E-state index is 12.3. The molecule has 1 saturated heterocycles. The topological polar surface area (TPSA) is 89.0 Å². The lowest BCUT2D eigenvalue weighted by molar-refractivity contribution is -0.130. The monoisotopic (exact) mass is 340 g/mol. The zero-order valence-corrected chi connectivity index (χ0v) is 14.9. The Morgan fingerprint density at radius 1 is 1.40 bits per heavy atom. The molecule has 1 aromatic carbocycles. The molecule has 1 aliphatic heterocycles. The minimum atomic E-state index is -0.365. The highest BCUT2D eigenvalue weighted by molar-refractivity contribution is 6.07. The molecule has 2 N–H and O–H groups in total. The van der Waals surface area contributed by atoms with Crippen molar-refractivity contribution < 1.29 is 9.59 Å². The Morgan fingerprint density at radius 2 is 2.16 bits per heavy atom. The van der Waals surface area contributed by atoms with E-state index in [0.717, 1.165) is 22.9 Å². The van der Waals surface area contributed by atoms with E-state index >= 15 is 0 Å². The molecule has 132 valence electrons. The first-order valence-electron chi connectivity index (χ1n) is 8.65. The van der Waals surface area contributed by atoms with Crippen molar-refractivity contribution >= 4 is 22.7 Å². The molecule has 1 unspecified atom stereocenters. The molecule has 1 fully saturated rings. The van der Waals surface area contributed by atoms with Crippen LogP contribution in [0.1, 0.15) is 42.6 Å². The summed E-state index contributed by atoms with van der Waals surface area (Å²) in [6, 6.07) is 7.57. The van der Waals surface area contributed by atoms with Crippen molar-refractivity contribution in [2.45, 2.75) is 39.7 Å². The summed E-state index contributed by atoms with van der Waals surface area (Å²) in [4.78, 5) is 29.1. The van der Waals surface area contributed by atoms with E-state index in [1.165, 1.54) is 0 Å². The molecule has 0 aliphatic carbocycles. The van der Waals surface area contributed by atoms with Gasteiger partial charge in [-0.25, -0.2) is 0 Å². The highest BCUT2D eigenvalue weighted by Gasteiger charge is 2.28. The third-order valence-electron chi connectivity index (χ3n) is 4.20. The van der Waals surface area contributed by atoms with Crippen LogP contribution in [0.2, 0.25) is 0 Å². The van der Waals surface area contributed by atoms with Gasteiger partial charge in [0.2, 0.25) is 5.91 Å². The normalized spacial score (nSPS) is 16.1. The molecule has 2 amide bonds. The first kappa shape index (κ1) is 18.5. The lowest BCUT2D eigenvalue weighted by Gasteiger charge is -2.19. The van der Waals surface area contributed by atoms with Crippen molar-refractivity contribution in [1.82, 2.24) is 15.2 Å². The average molecular weight is 340 g/mol. The number of aromatic nitrogens is 1. The number of carbonyl (C=O) groups is 2. The SMILES string of the molecule is CC.Cc1ccc2c(C(=O)NCC(=O)N3CCCC3C#N)c[nH]c2c1. The molecule has 1 aromatic heterocycles. The van der Waals surface area contributed by atoms with E-state index in [-0.39, 0.29) is 24.4 Å². The van der Waals surface area contributed by atoms with Crippen LogP contribution in [0.3, 0.4) is 0 Å². The van der Waals surface area contributed by atoms with Gasteiger partial charge in [0.1, 0.15) is 6.04 Å². The third-order valence-corrected chi connectivity index (χ3v) is 4.20. The van der Waals surface area contributed by atoms with Crippen LogP contribution in [0.25, 0.3) is 10.9 Å². The Hall–Kier alpha value is -2.81. The van der Waals surface area contributed by atoms with Crippen LogP contribution in [0.15, 0.2) is 24.4 Å². The van der Waals surface area contributed by atoms with Gasteiger partial charge in [0.15, 0.2) is 0 Å². The fourth-order valence-electron chi connectivity index (χ4n) is 2.98. The number of amides is 2. The number of hydrogen-bond acceptors (Lipinski definition) is 3. The summed E-state index contributed by atoms with van der Waals surface area (Å²) < 4.78 is 0. The standard InChI is InChI=1S/C17H18N4O2.C2H6/c1-11-4-5-13-14(9-19-15(13)7-11)17(23)20-10-16(22)21-6-2-3-12(21)8-18;1-2/h4-5,7,9,12,19H,2-3,6,10H2,1H3,(H,20,23);1-2H3. The number of H-pyrrole nitrogens is 1. The number of fused-ring (bicyclic) bond motifs is 1. The smallest absolute Gasteiger partial charge is 0.253 e. The van der Waals surface area contributed by atoms with E-state index in [2.05, 4.69) is 16.4 Å². The van der Waals surface area contributed by atoms with Crippen LogP contribution in [0.5, 0.6) is 0 Å². The Kier molecular flexibility index (Phi) is 6.18. The Labute approximate surface area is 147 Å².